The van der Waals surface area contributed by atoms with Gasteiger partial charge in [-0.05, 0) is 18.2 Å². The van der Waals surface area contributed by atoms with Crippen LogP contribution in [0.1, 0.15) is 11.7 Å². The Morgan fingerprint density at radius 1 is 1.04 bits per heavy atom. The molecular weight excluding hydrogens is 318 g/mol. The number of hydrogen-bond donors (Lipinski definition) is 1. The van der Waals surface area contributed by atoms with Crippen molar-refractivity contribution in [2.45, 2.75) is 11.0 Å². The van der Waals surface area contributed by atoms with Crippen molar-refractivity contribution in [3.8, 4) is 5.75 Å². The van der Waals surface area contributed by atoms with E-state index in [1.807, 2.05) is 0 Å². The maximum Gasteiger partial charge on any atom is 0.339 e. The van der Waals surface area contributed by atoms with Gasteiger partial charge in [0.25, 0.3) is 0 Å². The maximum absolute atomic E-state index is 12.4. The topological polar surface area (TPSA) is 81.7 Å². The first-order chi connectivity index (χ1) is 11.1. The van der Waals surface area contributed by atoms with Crippen LogP contribution in [0.5, 0.6) is 5.75 Å². The molecule has 6 nitrogen and oxygen atoms in total. The second kappa shape index (κ2) is 6.39. The molecule has 1 atom stereocenters. The summed E-state index contributed by atoms with van der Waals surface area (Å²) in [6.07, 6.45) is -0.449. The molecule has 0 saturated carbocycles. The standard InChI is InChI=1S/C16H15NO5S/c18-16-11-21-15(10-17-16)13-8-4-5-9-14(13)22-23(19,20)12-6-2-1-3-7-12/h1-9,15H,10-11H2,(H,17,18)/t15-/m0/s1. The van der Waals surface area contributed by atoms with Crippen LogP contribution in [0.25, 0.3) is 0 Å². The van der Waals surface area contributed by atoms with Gasteiger partial charge < -0.3 is 14.2 Å². The average Bonchev–Trinajstić information content (AvgIpc) is 2.57. The van der Waals surface area contributed by atoms with Crippen LogP contribution in [-0.2, 0) is 19.6 Å². The fourth-order valence-electron chi connectivity index (χ4n) is 2.27. The van der Waals surface area contributed by atoms with E-state index in [-0.39, 0.29) is 29.7 Å². The number of carbonyl (C=O) groups is 1. The SMILES string of the molecule is O=C1CO[C@H](c2ccccc2OS(=O)(=O)c2ccccc2)CN1. The summed E-state index contributed by atoms with van der Waals surface area (Å²) in [4.78, 5) is 11.3. The quantitative estimate of drug-likeness (QED) is 0.860. The van der Waals surface area contributed by atoms with Gasteiger partial charge >= 0.3 is 10.1 Å². The number of benzene rings is 2. The maximum atomic E-state index is 12.4. The van der Waals surface area contributed by atoms with Gasteiger partial charge in [0.2, 0.25) is 5.91 Å². The molecule has 0 unspecified atom stereocenters. The molecule has 2 aromatic rings. The van der Waals surface area contributed by atoms with E-state index < -0.39 is 16.2 Å². The Morgan fingerprint density at radius 2 is 1.74 bits per heavy atom. The molecule has 1 aliphatic rings. The summed E-state index contributed by atoms with van der Waals surface area (Å²) in [5.41, 5.74) is 0.576. The largest absolute Gasteiger partial charge is 0.379 e. The van der Waals surface area contributed by atoms with Crippen molar-refractivity contribution < 1.29 is 22.1 Å². The Bertz CT molecular complexity index is 794. The number of amides is 1. The third kappa shape index (κ3) is 3.52. The van der Waals surface area contributed by atoms with Crippen LogP contribution in [0.15, 0.2) is 59.5 Å². The Morgan fingerprint density at radius 3 is 2.43 bits per heavy atom. The Balaban J connectivity index is 1.88. The molecule has 23 heavy (non-hydrogen) atoms. The van der Waals surface area contributed by atoms with Crippen molar-refractivity contribution in [2.75, 3.05) is 13.2 Å². The number of morpholine rings is 1. The van der Waals surface area contributed by atoms with Crippen molar-refractivity contribution in [2.24, 2.45) is 0 Å². The van der Waals surface area contributed by atoms with E-state index in [1.54, 1.807) is 42.5 Å². The van der Waals surface area contributed by atoms with Gasteiger partial charge in [-0.15, -0.1) is 0 Å². The Labute approximate surface area is 134 Å². The smallest absolute Gasteiger partial charge is 0.339 e. The van der Waals surface area contributed by atoms with Gasteiger partial charge in [-0.3, -0.25) is 4.79 Å². The third-order valence-electron chi connectivity index (χ3n) is 3.40. The second-order valence-electron chi connectivity index (χ2n) is 4.99. The van der Waals surface area contributed by atoms with E-state index in [9.17, 15) is 13.2 Å². The lowest BCUT2D eigenvalue weighted by atomic mass is 10.1. The van der Waals surface area contributed by atoms with E-state index in [0.717, 1.165) is 0 Å². The monoisotopic (exact) mass is 333 g/mol. The molecule has 120 valence electrons. The first-order valence-electron chi connectivity index (χ1n) is 7.03. The fourth-order valence-corrected chi connectivity index (χ4v) is 3.24. The van der Waals surface area contributed by atoms with Gasteiger partial charge in [0.15, 0.2) is 0 Å². The molecule has 1 aliphatic heterocycles. The molecular formula is C16H15NO5S. The number of nitrogens with one attached hydrogen (secondary N) is 1. The average molecular weight is 333 g/mol. The number of para-hydroxylation sites is 1. The first-order valence-corrected chi connectivity index (χ1v) is 8.44. The number of ether oxygens (including phenoxy) is 1. The van der Waals surface area contributed by atoms with Gasteiger partial charge in [-0.1, -0.05) is 36.4 Å². The molecule has 3 rings (SSSR count). The van der Waals surface area contributed by atoms with Crippen LogP contribution in [0.4, 0.5) is 0 Å². The predicted molar refractivity (Wildman–Crippen MR) is 82.4 cm³/mol. The highest BCUT2D eigenvalue weighted by Crippen LogP contribution is 2.30. The molecule has 7 heteroatoms. The predicted octanol–water partition coefficient (Wildman–Crippen LogP) is 1.64. The van der Waals surface area contributed by atoms with Crippen LogP contribution in [0.2, 0.25) is 0 Å². The number of carbonyl (C=O) groups excluding carboxylic acids is 1. The van der Waals surface area contributed by atoms with E-state index in [2.05, 4.69) is 5.32 Å². The molecule has 1 heterocycles. The summed E-state index contributed by atoms with van der Waals surface area (Å²) < 4.78 is 35.4. The van der Waals surface area contributed by atoms with Crippen molar-refractivity contribution in [1.82, 2.24) is 5.32 Å². The van der Waals surface area contributed by atoms with Gasteiger partial charge in [0, 0.05) is 12.1 Å². The molecule has 2 aromatic carbocycles. The summed E-state index contributed by atoms with van der Waals surface area (Å²) in [6, 6.07) is 14.6. The van der Waals surface area contributed by atoms with Crippen LogP contribution < -0.4 is 9.50 Å². The number of rotatable bonds is 4. The third-order valence-corrected chi connectivity index (χ3v) is 4.65. The molecule has 0 bridgehead atoms. The zero-order valence-electron chi connectivity index (χ0n) is 12.1. The molecule has 0 aromatic heterocycles. The number of hydrogen-bond acceptors (Lipinski definition) is 5. The normalized spacial score (nSPS) is 18.3. The molecule has 1 saturated heterocycles. The minimum absolute atomic E-state index is 0.0650. The lowest BCUT2D eigenvalue weighted by Crippen LogP contribution is -2.38. The highest BCUT2D eigenvalue weighted by atomic mass is 32.2. The van der Waals surface area contributed by atoms with Crippen LogP contribution in [0.3, 0.4) is 0 Å². The highest BCUT2D eigenvalue weighted by Gasteiger charge is 2.25. The van der Waals surface area contributed by atoms with Gasteiger partial charge in [0.05, 0.1) is 0 Å². The molecule has 0 radical (unpaired) electrons. The summed E-state index contributed by atoms with van der Waals surface area (Å²) in [7, 11) is -3.93. The first kappa shape index (κ1) is 15.5. The van der Waals surface area contributed by atoms with Gasteiger partial charge in [-0.2, -0.15) is 8.42 Å². The van der Waals surface area contributed by atoms with E-state index in [1.165, 1.54) is 12.1 Å². The summed E-state index contributed by atoms with van der Waals surface area (Å²) in [6.45, 7) is 0.203. The lowest BCUT2D eigenvalue weighted by Gasteiger charge is -2.24. The molecule has 1 N–H and O–H groups in total. The fraction of sp³-hybridized carbons (Fsp3) is 0.188. The highest BCUT2D eigenvalue weighted by molar-refractivity contribution is 7.87. The zero-order valence-corrected chi connectivity index (χ0v) is 13.0. The molecule has 1 amide bonds. The summed E-state index contributed by atoms with van der Waals surface area (Å²) in [5.74, 6) is -0.00550. The summed E-state index contributed by atoms with van der Waals surface area (Å²) >= 11 is 0. The van der Waals surface area contributed by atoms with Crippen molar-refractivity contribution >= 4 is 16.0 Å². The van der Waals surface area contributed by atoms with Crippen LogP contribution in [0, 0.1) is 0 Å². The van der Waals surface area contributed by atoms with Gasteiger partial charge in [0.1, 0.15) is 23.4 Å². The zero-order chi connectivity index (χ0) is 16.3. The van der Waals surface area contributed by atoms with Crippen molar-refractivity contribution in [3.05, 3.63) is 60.2 Å². The summed E-state index contributed by atoms with van der Waals surface area (Å²) in [5, 5.41) is 2.68. The molecule has 0 spiro atoms. The van der Waals surface area contributed by atoms with E-state index >= 15 is 0 Å². The minimum atomic E-state index is -3.93. The Hall–Kier alpha value is -2.38. The van der Waals surface area contributed by atoms with Crippen LogP contribution >= 0.6 is 0 Å². The van der Waals surface area contributed by atoms with E-state index in [0.29, 0.717) is 5.56 Å². The lowest BCUT2D eigenvalue weighted by molar-refractivity contribution is -0.133. The van der Waals surface area contributed by atoms with Crippen molar-refractivity contribution in [3.63, 3.8) is 0 Å². The molecule has 0 aliphatic carbocycles. The van der Waals surface area contributed by atoms with E-state index in [4.69, 9.17) is 8.92 Å². The Kier molecular flexibility index (Phi) is 4.31. The second-order valence-corrected chi connectivity index (χ2v) is 6.54. The van der Waals surface area contributed by atoms with Crippen molar-refractivity contribution in [1.29, 1.82) is 0 Å². The van der Waals surface area contributed by atoms with Crippen LogP contribution in [-0.4, -0.2) is 27.5 Å². The molecule has 1 fully saturated rings. The van der Waals surface area contributed by atoms with Gasteiger partial charge in [-0.25, -0.2) is 0 Å². The minimum Gasteiger partial charge on any atom is -0.379 e.